The molecule has 3 N–H and O–H groups in total. The van der Waals surface area contributed by atoms with E-state index in [9.17, 15) is 19.6 Å². The molecule has 0 unspecified atom stereocenters. The normalized spacial score (nSPS) is 15.5. The molecule has 1 heterocycles. The zero-order valence-corrected chi connectivity index (χ0v) is 13.6. The van der Waals surface area contributed by atoms with Gasteiger partial charge in [-0.15, -0.1) is 0 Å². The molecule has 2 amide bonds. The summed E-state index contributed by atoms with van der Waals surface area (Å²) < 4.78 is 4.85. The first-order chi connectivity index (χ1) is 11.4. The highest BCUT2D eigenvalue weighted by molar-refractivity contribution is 5.97. The Hall–Kier alpha value is -2.60. The first-order valence-corrected chi connectivity index (χ1v) is 7.72. The summed E-state index contributed by atoms with van der Waals surface area (Å²) in [6.45, 7) is 2.57. The molecule has 9 nitrogen and oxygen atoms in total. The molecule has 0 aromatic heterocycles. The van der Waals surface area contributed by atoms with Crippen LogP contribution in [0.4, 0.5) is 4.79 Å². The Morgan fingerprint density at radius 2 is 2.04 bits per heavy atom. The third-order valence-electron chi connectivity index (χ3n) is 3.64. The third-order valence-corrected chi connectivity index (χ3v) is 3.64. The summed E-state index contributed by atoms with van der Waals surface area (Å²) in [7, 11) is 0. The van der Waals surface area contributed by atoms with Crippen molar-refractivity contribution in [2.24, 2.45) is 11.7 Å². The zero-order valence-electron chi connectivity index (χ0n) is 13.6. The van der Waals surface area contributed by atoms with E-state index in [1.54, 1.807) is 13.0 Å². The minimum atomic E-state index is -0.880. The van der Waals surface area contributed by atoms with Crippen molar-refractivity contribution < 1.29 is 24.2 Å². The highest BCUT2D eigenvalue weighted by Gasteiger charge is 2.29. The average Bonchev–Trinajstić information content (AvgIpc) is 2.58. The highest BCUT2D eigenvalue weighted by atomic mass is 16.6. The quantitative estimate of drug-likeness (QED) is 0.519. The first-order valence-electron chi connectivity index (χ1n) is 7.72. The Balaban J connectivity index is 2.83. The molecule has 0 bridgehead atoms. The van der Waals surface area contributed by atoms with Gasteiger partial charge in [-0.3, -0.25) is 14.5 Å². The van der Waals surface area contributed by atoms with E-state index in [4.69, 9.17) is 15.6 Å². The molecule has 0 spiro atoms. The minimum absolute atomic E-state index is 0.110. The minimum Gasteiger partial charge on any atom is -0.481 e. The fraction of sp³-hybridized carbons (Fsp3) is 0.600. The van der Waals surface area contributed by atoms with Crippen LogP contribution < -0.4 is 5.73 Å². The van der Waals surface area contributed by atoms with Gasteiger partial charge in [-0.2, -0.15) is 5.26 Å². The van der Waals surface area contributed by atoms with E-state index in [1.807, 2.05) is 0 Å². The van der Waals surface area contributed by atoms with Crippen molar-refractivity contribution in [3.63, 3.8) is 0 Å². The van der Waals surface area contributed by atoms with Crippen LogP contribution in [0.15, 0.2) is 11.8 Å². The zero-order chi connectivity index (χ0) is 18.1. The van der Waals surface area contributed by atoms with Gasteiger partial charge in [0.15, 0.2) is 0 Å². The van der Waals surface area contributed by atoms with E-state index in [0.29, 0.717) is 12.8 Å². The van der Waals surface area contributed by atoms with Gasteiger partial charge in [0.2, 0.25) is 0 Å². The summed E-state index contributed by atoms with van der Waals surface area (Å²) in [5.41, 5.74) is 5.21. The third kappa shape index (κ3) is 5.24. The first kappa shape index (κ1) is 19.4. The molecule has 1 aliphatic rings. The number of carbonyl (C=O) groups excluding carboxylic acids is 2. The number of hydrogen-bond donors (Lipinski definition) is 2. The Kier molecular flexibility index (Phi) is 7.71. The number of carboxylic acids is 1. The largest absolute Gasteiger partial charge is 0.481 e. The number of piperidine rings is 1. The van der Waals surface area contributed by atoms with E-state index in [2.05, 4.69) is 0 Å². The van der Waals surface area contributed by atoms with E-state index in [0.717, 1.165) is 11.1 Å². The molecule has 0 atom stereocenters. The van der Waals surface area contributed by atoms with Crippen LogP contribution in [-0.4, -0.2) is 65.7 Å². The monoisotopic (exact) mass is 338 g/mol. The smallest absolute Gasteiger partial charge is 0.413 e. The van der Waals surface area contributed by atoms with Crippen LogP contribution in [0.5, 0.6) is 0 Å². The van der Waals surface area contributed by atoms with Crippen LogP contribution >= 0.6 is 0 Å². The number of ether oxygens (including phenoxy) is 1. The lowest BCUT2D eigenvalue weighted by Crippen LogP contribution is -2.41. The summed E-state index contributed by atoms with van der Waals surface area (Å²) in [6, 6.07) is 1.78. The lowest BCUT2D eigenvalue weighted by Gasteiger charge is -2.30. The van der Waals surface area contributed by atoms with E-state index >= 15 is 0 Å². The average molecular weight is 338 g/mol. The Morgan fingerprint density at radius 1 is 1.42 bits per heavy atom. The summed E-state index contributed by atoms with van der Waals surface area (Å²) in [5, 5.41) is 18.2. The molecule has 1 aliphatic heterocycles. The second kappa shape index (κ2) is 9.52. The van der Waals surface area contributed by atoms with Crippen molar-refractivity contribution in [3.05, 3.63) is 11.8 Å². The van der Waals surface area contributed by atoms with Gasteiger partial charge in [0.1, 0.15) is 11.6 Å². The maximum absolute atomic E-state index is 12.4. The number of nitriles is 1. The second-order valence-corrected chi connectivity index (χ2v) is 5.24. The fourth-order valence-corrected chi connectivity index (χ4v) is 2.34. The van der Waals surface area contributed by atoms with Crippen molar-refractivity contribution >= 4 is 18.0 Å². The lowest BCUT2D eigenvalue weighted by atomic mass is 9.97. The summed E-state index contributed by atoms with van der Waals surface area (Å²) >= 11 is 0. The number of amides is 2. The lowest BCUT2D eigenvalue weighted by molar-refractivity contribution is -0.145. The number of nitrogens with two attached hydrogens (primary N) is 1. The van der Waals surface area contributed by atoms with Gasteiger partial charge in [-0.25, -0.2) is 4.79 Å². The molecular weight excluding hydrogens is 316 g/mol. The molecule has 0 aliphatic carbocycles. The van der Waals surface area contributed by atoms with Crippen molar-refractivity contribution in [3.8, 4) is 6.07 Å². The molecule has 1 rings (SSSR count). The van der Waals surface area contributed by atoms with Crippen LogP contribution in [-0.2, 0) is 14.3 Å². The summed E-state index contributed by atoms with van der Waals surface area (Å²) in [5.74, 6) is -1.89. The Labute approximate surface area is 140 Å². The number of hydrogen-bond acceptors (Lipinski definition) is 6. The molecule has 0 saturated carbocycles. The van der Waals surface area contributed by atoms with Crippen LogP contribution in [0.2, 0.25) is 0 Å². The SMILES string of the molecule is CCOC(=O)N(/C=C(/C#N)C(=O)N1CCC(C(=O)O)CC1)CCN. The molecular formula is C15H22N4O5. The highest BCUT2D eigenvalue weighted by Crippen LogP contribution is 2.19. The van der Waals surface area contributed by atoms with E-state index in [-0.39, 0.29) is 38.4 Å². The predicted octanol–water partition coefficient (Wildman–Crippen LogP) is 0.134. The van der Waals surface area contributed by atoms with Gasteiger partial charge < -0.3 is 20.5 Å². The molecule has 0 radical (unpaired) electrons. The topological polar surface area (TPSA) is 137 Å². The number of rotatable bonds is 6. The van der Waals surface area contributed by atoms with E-state index < -0.39 is 23.9 Å². The van der Waals surface area contributed by atoms with Gasteiger partial charge in [0.25, 0.3) is 5.91 Å². The molecule has 9 heteroatoms. The van der Waals surface area contributed by atoms with Crippen molar-refractivity contribution in [1.29, 1.82) is 5.26 Å². The van der Waals surface area contributed by atoms with Crippen molar-refractivity contribution in [1.82, 2.24) is 9.80 Å². The van der Waals surface area contributed by atoms with Gasteiger partial charge in [0, 0.05) is 32.4 Å². The summed E-state index contributed by atoms with van der Waals surface area (Å²) in [4.78, 5) is 37.7. The number of nitrogens with zero attached hydrogens (tertiary/aromatic N) is 3. The van der Waals surface area contributed by atoms with Gasteiger partial charge in [-0.1, -0.05) is 0 Å². The summed E-state index contributed by atoms with van der Waals surface area (Å²) in [6.07, 6.45) is 1.12. The van der Waals surface area contributed by atoms with Crippen LogP contribution in [0.3, 0.4) is 0 Å². The number of aliphatic carboxylic acids is 1. The molecule has 132 valence electrons. The number of carboxylic acid groups (broad SMARTS) is 1. The van der Waals surface area contributed by atoms with Crippen LogP contribution in [0.1, 0.15) is 19.8 Å². The number of carbonyl (C=O) groups is 3. The van der Waals surface area contributed by atoms with Crippen molar-refractivity contribution in [2.45, 2.75) is 19.8 Å². The molecule has 1 saturated heterocycles. The Morgan fingerprint density at radius 3 is 2.50 bits per heavy atom. The van der Waals surface area contributed by atoms with Gasteiger partial charge >= 0.3 is 12.1 Å². The fourth-order valence-electron chi connectivity index (χ4n) is 2.34. The molecule has 24 heavy (non-hydrogen) atoms. The second-order valence-electron chi connectivity index (χ2n) is 5.24. The maximum Gasteiger partial charge on any atom is 0.413 e. The molecule has 0 aromatic carbocycles. The van der Waals surface area contributed by atoms with Crippen LogP contribution in [0.25, 0.3) is 0 Å². The standard InChI is InChI=1S/C15H22N4O5/c1-2-24-15(23)19(8-5-16)10-12(9-17)13(20)18-6-3-11(4-7-18)14(21)22/h10-11H,2-8,16H2,1H3,(H,21,22)/b12-10-. The van der Waals surface area contributed by atoms with E-state index in [1.165, 1.54) is 4.90 Å². The predicted molar refractivity (Wildman–Crippen MR) is 83.4 cm³/mol. The molecule has 0 aromatic rings. The Bertz CT molecular complexity index is 547. The number of likely N-dealkylation sites (tertiary alicyclic amines) is 1. The molecule has 1 fully saturated rings. The maximum atomic E-state index is 12.4. The van der Waals surface area contributed by atoms with Gasteiger partial charge in [-0.05, 0) is 19.8 Å². The van der Waals surface area contributed by atoms with Gasteiger partial charge in [0.05, 0.1) is 12.5 Å². The van der Waals surface area contributed by atoms with Crippen molar-refractivity contribution in [2.75, 3.05) is 32.8 Å². The van der Waals surface area contributed by atoms with Crippen LogP contribution in [0, 0.1) is 17.2 Å².